The topological polar surface area (TPSA) is 45.4 Å². The number of benzene rings is 1. The lowest BCUT2D eigenvalue weighted by molar-refractivity contribution is 0.264. The number of furan rings is 1. The Morgan fingerprint density at radius 1 is 1.00 bits per heavy atom. The van der Waals surface area contributed by atoms with Crippen molar-refractivity contribution in [3.8, 4) is 0 Å². The molecule has 3 aromatic rings. The summed E-state index contributed by atoms with van der Waals surface area (Å²) in [6.45, 7) is 5.00. The third-order valence-electron chi connectivity index (χ3n) is 6.18. The summed E-state index contributed by atoms with van der Waals surface area (Å²) in [5, 5.41) is 0. The minimum Gasteiger partial charge on any atom is -0.468 e. The second kappa shape index (κ2) is 6.82. The van der Waals surface area contributed by atoms with Crippen LogP contribution in [0, 0.1) is 5.92 Å². The largest absolute Gasteiger partial charge is 0.468 e. The van der Waals surface area contributed by atoms with E-state index in [1.807, 2.05) is 24.5 Å². The van der Waals surface area contributed by atoms with Crippen LogP contribution in [0.25, 0.3) is 0 Å². The van der Waals surface area contributed by atoms with E-state index < -0.39 is 0 Å². The van der Waals surface area contributed by atoms with Gasteiger partial charge in [-0.25, -0.2) is 9.97 Å². The monoisotopic (exact) mass is 360 g/mol. The van der Waals surface area contributed by atoms with Gasteiger partial charge in [0.05, 0.1) is 12.8 Å². The Hall–Kier alpha value is -2.66. The Balaban J connectivity index is 1.44. The van der Waals surface area contributed by atoms with Crippen LogP contribution >= 0.6 is 0 Å². The van der Waals surface area contributed by atoms with Gasteiger partial charge in [0.25, 0.3) is 0 Å². The molecule has 2 aromatic heterocycles. The van der Waals surface area contributed by atoms with Gasteiger partial charge >= 0.3 is 0 Å². The molecule has 1 aromatic carbocycles. The first-order chi connectivity index (χ1) is 13.3. The molecule has 2 atom stereocenters. The van der Waals surface area contributed by atoms with Crippen LogP contribution in [0.1, 0.15) is 17.7 Å². The Labute approximate surface area is 159 Å². The minimum absolute atomic E-state index is 0.194. The van der Waals surface area contributed by atoms with Crippen LogP contribution in [-0.4, -0.2) is 41.0 Å². The van der Waals surface area contributed by atoms with Crippen molar-refractivity contribution in [1.82, 2.24) is 14.9 Å². The highest BCUT2D eigenvalue weighted by Crippen LogP contribution is 2.46. The maximum atomic E-state index is 5.61. The highest BCUT2D eigenvalue weighted by atomic mass is 16.3. The number of fused-ring (bicyclic) bond motifs is 1. The number of hydrogen-bond acceptors (Lipinski definition) is 5. The fraction of sp³-hybridized carbons (Fsp3) is 0.364. The second-order valence-electron chi connectivity index (χ2n) is 7.71. The van der Waals surface area contributed by atoms with Gasteiger partial charge in [0, 0.05) is 49.9 Å². The van der Waals surface area contributed by atoms with E-state index in [0.717, 1.165) is 50.9 Å². The molecule has 2 aliphatic rings. The zero-order chi connectivity index (χ0) is 18.1. The summed E-state index contributed by atoms with van der Waals surface area (Å²) in [6.07, 6.45) is 6.55. The molecule has 5 nitrogen and oxygen atoms in total. The quantitative estimate of drug-likeness (QED) is 0.714. The average molecular weight is 360 g/mol. The number of anilines is 1. The van der Waals surface area contributed by atoms with E-state index in [1.165, 1.54) is 5.56 Å². The number of piperidine rings is 1. The van der Waals surface area contributed by atoms with Gasteiger partial charge in [-0.2, -0.15) is 0 Å². The van der Waals surface area contributed by atoms with Crippen LogP contribution in [0.5, 0.6) is 0 Å². The summed E-state index contributed by atoms with van der Waals surface area (Å²) in [4.78, 5) is 13.9. The average Bonchev–Trinajstić information content (AvgIpc) is 3.37. The van der Waals surface area contributed by atoms with Crippen molar-refractivity contribution < 1.29 is 4.42 Å². The third-order valence-corrected chi connectivity index (χ3v) is 6.18. The summed E-state index contributed by atoms with van der Waals surface area (Å²) in [7, 11) is 0. The van der Waals surface area contributed by atoms with Gasteiger partial charge in [0.15, 0.2) is 0 Å². The molecule has 0 aliphatic carbocycles. The van der Waals surface area contributed by atoms with Gasteiger partial charge in [0.2, 0.25) is 5.95 Å². The van der Waals surface area contributed by atoms with Crippen molar-refractivity contribution >= 4 is 5.95 Å². The molecule has 2 fully saturated rings. The summed E-state index contributed by atoms with van der Waals surface area (Å²) in [6, 6.07) is 17.0. The third kappa shape index (κ3) is 3.02. The van der Waals surface area contributed by atoms with Crippen molar-refractivity contribution in [3.05, 3.63) is 78.5 Å². The van der Waals surface area contributed by atoms with Gasteiger partial charge in [0.1, 0.15) is 5.76 Å². The van der Waals surface area contributed by atoms with Crippen LogP contribution in [0.2, 0.25) is 0 Å². The predicted molar refractivity (Wildman–Crippen MR) is 104 cm³/mol. The molecule has 5 heteroatoms. The molecule has 2 aliphatic heterocycles. The molecular formula is C22H24N4O. The first-order valence-electron chi connectivity index (χ1n) is 9.66. The predicted octanol–water partition coefficient (Wildman–Crippen LogP) is 3.35. The lowest BCUT2D eigenvalue weighted by Gasteiger charge is -2.44. The SMILES string of the molecule is c1ccc([C@]23CCN(c4ncccn4)C[C@@H]2CN(Cc2ccco2)C3)cc1. The van der Waals surface area contributed by atoms with E-state index in [2.05, 4.69) is 56.2 Å². The maximum absolute atomic E-state index is 5.61. The van der Waals surface area contributed by atoms with Crippen LogP contribution in [-0.2, 0) is 12.0 Å². The smallest absolute Gasteiger partial charge is 0.225 e. The van der Waals surface area contributed by atoms with Crippen molar-refractivity contribution in [3.63, 3.8) is 0 Å². The molecule has 0 amide bonds. The van der Waals surface area contributed by atoms with Crippen molar-refractivity contribution in [2.75, 3.05) is 31.1 Å². The van der Waals surface area contributed by atoms with Gasteiger partial charge in [-0.3, -0.25) is 4.90 Å². The molecule has 0 saturated carbocycles. The molecule has 4 heterocycles. The highest BCUT2D eigenvalue weighted by molar-refractivity contribution is 5.37. The molecule has 0 unspecified atom stereocenters. The Morgan fingerprint density at radius 2 is 1.85 bits per heavy atom. The number of rotatable bonds is 4. The molecule has 138 valence electrons. The van der Waals surface area contributed by atoms with Crippen LogP contribution in [0.15, 0.2) is 71.6 Å². The van der Waals surface area contributed by atoms with Gasteiger partial charge in [-0.1, -0.05) is 30.3 Å². The van der Waals surface area contributed by atoms with Crippen LogP contribution in [0.4, 0.5) is 5.95 Å². The van der Waals surface area contributed by atoms with Gasteiger partial charge < -0.3 is 9.32 Å². The highest BCUT2D eigenvalue weighted by Gasteiger charge is 2.50. The lowest BCUT2D eigenvalue weighted by Crippen LogP contribution is -2.50. The number of nitrogens with zero attached hydrogens (tertiary/aromatic N) is 4. The van der Waals surface area contributed by atoms with Crippen LogP contribution in [0.3, 0.4) is 0 Å². The zero-order valence-corrected chi connectivity index (χ0v) is 15.4. The van der Waals surface area contributed by atoms with Crippen molar-refractivity contribution in [2.45, 2.75) is 18.4 Å². The fourth-order valence-electron chi connectivity index (χ4n) is 4.91. The van der Waals surface area contributed by atoms with Gasteiger partial charge in [-0.05, 0) is 30.2 Å². The molecule has 27 heavy (non-hydrogen) atoms. The van der Waals surface area contributed by atoms with E-state index in [-0.39, 0.29) is 5.41 Å². The Bertz CT molecular complexity index is 868. The fourth-order valence-corrected chi connectivity index (χ4v) is 4.91. The first kappa shape index (κ1) is 16.5. The standard InChI is InChI=1S/C22H24N4O/c1-2-6-18(7-3-1)22-9-12-26(21-23-10-5-11-24-21)15-19(22)14-25(17-22)16-20-8-4-13-27-20/h1-8,10-11,13,19H,9,12,14-17H2/t19-,22+/m0/s1. The first-order valence-corrected chi connectivity index (χ1v) is 9.66. The van der Waals surface area contributed by atoms with Crippen molar-refractivity contribution in [2.24, 2.45) is 5.92 Å². The molecule has 0 spiro atoms. The number of aromatic nitrogens is 2. The molecule has 0 bridgehead atoms. The van der Waals surface area contributed by atoms with Crippen LogP contribution < -0.4 is 4.90 Å². The minimum atomic E-state index is 0.194. The molecule has 2 saturated heterocycles. The summed E-state index contributed by atoms with van der Waals surface area (Å²) >= 11 is 0. The van der Waals surface area contributed by atoms with E-state index in [9.17, 15) is 0 Å². The summed E-state index contributed by atoms with van der Waals surface area (Å²) in [5.41, 5.74) is 1.66. The molecule has 5 rings (SSSR count). The summed E-state index contributed by atoms with van der Waals surface area (Å²) in [5.74, 6) is 2.44. The Morgan fingerprint density at radius 3 is 2.63 bits per heavy atom. The molecular weight excluding hydrogens is 336 g/mol. The van der Waals surface area contributed by atoms with E-state index in [1.54, 1.807) is 6.26 Å². The molecule has 0 N–H and O–H groups in total. The van der Waals surface area contributed by atoms with E-state index >= 15 is 0 Å². The summed E-state index contributed by atoms with van der Waals surface area (Å²) < 4.78 is 5.61. The lowest BCUT2D eigenvalue weighted by atomic mass is 9.68. The molecule has 0 radical (unpaired) electrons. The maximum Gasteiger partial charge on any atom is 0.225 e. The van der Waals surface area contributed by atoms with Crippen molar-refractivity contribution in [1.29, 1.82) is 0 Å². The second-order valence-corrected chi connectivity index (χ2v) is 7.71. The van der Waals surface area contributed by atoms with E-state index in [4.69, 9.17) is 4.42 Å². The normalized spacial score (nSPS) is 25.5. The number of likely N-dealkylation sites (tertiary alicyclic amines) is 1. The zero-order valence-electron chi connectivity index (χ0n) is 15.4. The number of hydrogen-bond donors (Lipinski definition) is 0. The Kier molecular flexibility index (Phi) is 4.17. The van der Waals surface area contributed by atoms with Gasteiger partial charge in [-0.15, -0.1) is 0 Å². The van der Waals surface area contributed by atoms with E-state index in [0.29, 0.717) is 5.92 Å².